The van der Waals surface area contributed by atoms with Gasteiger partial charge in [-0.2, -0.15) is 5.10 Å². The quantitative estimate of drug-likeness (QED) is 0.829. The van der Waals surface area contributed by atoms with Gasteiger partial charge >= 0.3 is 0 Å². The average molecular weight is 374 g/mol. The van der Waals surface area contributed by atoms with Gasteiger partial charge in [0.2, 0.25) is 0 Å². The number of pyridine rings is 1. The second kappa shape index (κ2) is 9.58. The predicted octanol–water partition coefficient (Wildman–Crippen LogP) is 1.61. The zero-order valence-corrected chi connectivity index (χ0v) is 14.6. The van der Waals surface area contributed by atoms with E-state index in [1.165, 1.54) is 0 Å². The standard InChI is InChI=1S/C15H19N5O2.2ClH/c16-9-12-1-2-13(22-12)15(21)18-14-5-8-20(19-14)10-11-3-6-17-7-4-11;;/h3-8,12-13H,1-2,9-10,16H2,(H,18,19,21);2*1H/t12-,13+;;/m1../s1. The van der Waals surface area contributed by atoms with Crippen molar-refractivity contribution in [1.82, 2.24) is 14.8 Å². The molecule has 2 atom stereocenters. The third-order valence-corrected chi connectivity index (χ3v) is 3.65. The Labute approximate surface area is 152 Å². The van der Waals surface area contributed by atoms with E-state index in [1.54, 1.807) is 23.1 Å². The van der Waals surface area contributed by atoms with E-state index >= 15 is 0 Å². The molecular formula is C15H21Cl2N5O2. The summed E-state index contributed by atoms with van der Waals surface area (Å²) in [7, 11) is 0. The fourth-order valence-electron chi connectivity index (χ4n) is 2.47. The van der Waals surface area contributed by atoms with Crippen LogP contribution in [0.25, 0.3) is 0 Å². The summed E-state index contributed by atoms with van der Waals surface area (Å²) in [6.45, 7) is 1.08. The molecule has 0 spiro atoms. The van der Waals surface area contributed by atoms with Crippen molar-refractivity contribution in [3.63, 3.8) is 0 Å². The zero-order chi connectivity index (χ0) is 15.4. The second-order valence-corrected chi connectivity index (χ2v) is 5.30. The minimum absolute atomic E-state index is 0. The number of aromatic nitrogens is 3. The maximum atomic E-state index is 12.1. The molecule has 24 heavy (non-hydrogen) atoms. The van der Waals surface area contributed by atoms with Crippen molar-refractivity contribution in [2.24, 2.45) is 5.73 Å². The van der Waals surface area contributed by atoms with Gasteiger partial charge < -0.3 is 15.8 Å². The molecule has 0 bridgehead atoms. The molecule has 0 aliphatic carbocycles. The number of halogens is 2. The Morgan fingerprint density at radius 2 is 2.04 bits per heavy atom. The fourth-order valence-corrected chi connectivity index (χ4v) is 2.47. The maximum Gasteiger partial charge on any atom is 0.254 e. The average Bonchev–Trinajstić information content (AvgIpc) is 3.17. The molecule has 1 aliphatic rings. The van der Waals surface area contributed by atoms with Crippen LogP contribution in [0.15, 0.2) is 36.8 Å². The van der Waals surface area contributed by atoms with Crippen LogP contribution in [-0.2, 0) is 16.1 Å². The zero-order valence-electron chi connectivity index (χ0n) is 13.0. The van der Waals surface area contributed by atoms with E-state index in [0.717, 1.165) is 12.0 Å². The molecule has 3 rings (SSSR count). The van der Waals surface area contributed by atoms with Gasteiger partial charge in [-0.3, -0.25) is 14.5 Å². The third kappa shape index (κ3) is 5.17. The number of rotatable bonds is 5. The molecule has 0 radical (unpaired) electrons. The molecule has 0 aromatic carbocycles. The topological polar surface area (TPSA) is 95.1 Å². The normalized spacial score (nSPS) is 19.2. The van der Waals surface area contributed by atoms with Crippen molar-refractivity contribution < 1.29 is 9.53 Å². The van der Waals surface area contributed by atoms with E-state index in [4.69, 9.17) is 10.5 Å². The van der Waals surface area contributed by atoms with Crippen LogP contribution in [0.5, 0.6) is 0 Å². The molecule has 3 heterocycles. The predicted molar refractivity (Wildman–Crippen MR) is 95.6 cm³/mol. The van der Waals surface area contributed by atoms with Crippen molar-refractivity contribution in [2.45, 2.75) is 31.6 Å². The fraction of sp³-hybridized carbons (Fsp3) is 0.400. The Morgan fingerprint density at radius 1 is 1.29 bits per heavy atom. The lowest BCUT2D eigenvalue weighted by atomic mass is 10.2. The van der Waals surface area contributed by atoms with Crippen molar-refractivity contribution in [1.29, 1.82) is 0 Å². The molecule has 2 aromatic rings. The van der Waals surface area contributed by atoms with Crippen molar-refractivity contribution in [3.8, 4) is 0 Å². The summed E-state index contributed by atoms with van der Waals surface area (Å²) < 4.78 is 7.34. The SMILES string of the molecule is Cl.Cl.NC[C@H]1CC[C@@H](C(=O)Nc2ccn(Cc3ccncc3)n2)O1. The van der Waals surface area contributed by atoms with Crippen molar-refractivity contribution >= 4 is 36.5 Å². The molecule has 3 N–H and O–H groups in total. The Morgan fingerprint density at radius 3 is 2.71 bits per heavy atom. The summed E-state index contributed by atoms with van der Waals surface area (Å²) in [4.78, 5) is 16.1. The minimum Gasteiger partial charge on any atom is -0.364 e. The lowest BCUT2D eigenvalue weighted by molar-refractivity contribution is -0.126. The molecule has 1 saturated heterocycles. The Bertz CT molecular complexity index is 638. The van der Waals surface area contributed by atoms with Crippen LogP contribution in [0.2, 0.25) is 0 Å². The van der Waals surface area contributed by atoms with Crippen LogP contribution in [0.3, 0.4) is 0 Å². The second-order valence-electron chi connectivity index (χ2n) is 5.30. The van der Waals surface area contributed by atoms with Gasteiger partial charge in [-0.15, -0.1) is 24.8 Å². The summed E-state index contributed by atoms with van der Waals surface area (Å²) in [6.07, 6.45) is 6.39. The number of nitrogens with two attached hydrogens (primary N) is 1. The van der Waals surface area contributed by atoms with Crippen LogP contribution in [-0.4, -0.2) is 39.4 Å². The van der Waals surface area contributed by atoms with E-state index in [2.05, 4.69) is 15.4 Å². The molecule has 9 heteroatoms. The van der Waals surface area contributed by atoms with E-state index in [1.807, 2.05) is 18.3 Å². The van der Waals surface area contributed by atoms with E-state index in [-0.39, 0.29) is 36.8 Å². The van der Waals surface area contributed by atoms with Gasteiger partial charge in [-0.05, 0) is 30.5 Å². The van der Waals surface area contributed by atoms with Crippen molar-refractivity contribution in [3.05, 3.63) is 42.4 Å². The van der Waals surface area contributed by atoms with Gasteiger partial charge in [0.05, 0.1) is 12.6 Å². The lowest BCUT2D eigenvalue weighted by Crippen LogP contribution is -2.30. The van der Waals surface area contributed by atoms with Gasteiger partial charge in [0.1, 0.15) is 6.10 Å². The summed E-state index contributed by atoms with van der Waals surface area (Å²) in [6, 6.07) is 5.63. The molecule has 132 valence electrons. The number of nitrogens with zero attached hydrogens (tertiary/aromatic N) is 3. The molecule has 0 saturated carbocycles. The monoisotopic (exact) mass is 373 g/mol. The largest absolute Gasteiger partial charge is 0.364 e. The summed E-state index contributed by atoms with van der Waals surface area (Å²) in [5, 5.41) is 7.13. The smallest absolute Gasteiger partial charge is 0.254 e. The lowest BCUT2D eigenvalue weighted by Gasteiger charge is -2.11. The number of hydrogen-bond acceptors (Lipinski definition) is 5. The Kier molecular flexibility index (Phi) is 8.14. The van der Waals surface area contributed by atoms with Crippen LogP contribution in [0.1, 0.15) is 18.4 Å². The van der Waals surface area contributed by atoms with Gasteiger partial charge in [-0.1, -0.05) is 0 Å². The first-order chi connectivity index (χ1) is 10.7. The van der Waals surface area contributed by atoms with Crippen LogP contribution in [0.4, 0.5) is 5.82 Å². The van der Waals surface area contributed by atoms with E-state index in [9.17, 15) is 4.79 Å². The number of anilines is 1. The highest BCUT2D eigenvalue weighted by Crippen LogP contribution is 2.20. The molecule has 7 nitrogen and oxygen atoms in total. The van der Waals surface area contributed by atoms with Gasteiger partial charge in [-0.25, -0.2) is 0 Å². The van der Waals surface area contributed by atoms with E-state index in [0.29, 0.717) is 25.3 Å². The number of carbonyl (C=O) groups is 1. The molecule has 0 unspecified atom stereocenters. The molecule has 1 fully saturated rings. The highest BCUT2D eigenvalue weighted by molar-refractivity contribution is 5.93. The number of carbonyl (C=O) groups excluding carboxylic acids is 1. The summed E-state index contributed by atoms with van der Waals surface area (Å²) in [5.74, 6) is 0.365. The maximum absolute atomic E-state index is 12.1. The van der Waals surface area contributed by atoms with Crippen LogP contribution in [0, 0.1) is 0 Å². The highest BCUT2D eigenvalue weighted by atomic mass is 35.5. The molecule has 1 amide bonds. The van der Waals surface area contributed by atoms with Crippen LogP contribution >= 0.6 is 24.8 Å². The molecule has 1 aliphatic heterocycles. The number of amides is 1. The Balaban J connectivity index is 0.00000144. The molecular weight excluding hydrogens is 353 g/mol. The first kappa shape index (κ1) is 20.4. The Hall–Kier alpha value is -1.67. The van der Waals surface area contributed by atoms with Crippen LogP contribution < -0.4 is 11.1 Å². The van der Waals surface area contributed by atoms with Crippen molar-refractivity contribution in [2.75, 3.05) is 11.9 Å². The minimum atomic E-state index is -0.432. The van der Waals surface area contributed by atoms with E-state index < -0.39 is 6.10 Å². The first-order valence-corrected chi connectivity index (χ1v) is 7.33. The highest BCUT2D eigenvalue weighted by Gasteiger charge is 2.30. The van der Waals surface area contributed by atoms with Gasteiger partial charge in [0, 0.05) is 31.2 Å². The van der Waals surface area contributed by atoms with Gasteiger partial charge in [0.25, 0.3) is 5.91 Å². The number of ether oxygens (including phenoxy) is 1. The summed E-state index contributed by atoms with van der Waals surface area (Å²) >= 11 is 0. The first-order valence-electron chi connectivity index (χ1n) is 7.33. The van der Waals surface area contributed by atoms with Gasteiger partial charge in [0.15, 0.2) is 5.82 Å². The number of nitrogens with one attached hydrogen (secondary N) is 1. The summed E-state index contributed by atoms with van der Waals surface area (Å²) in [5.41, 5.74) is 6.65. The molecule has 2 aromatic heterocycles. The third-order valence-electron chi connectivity index (χ3n) is 3.65. The number of hydrogen-bond donors (Lipinski definition) is 2.